The molecule has 1 atom stereocenters. The van der Waals surface area contributed by atoms with E-state index < -0.39 is 0 Å². The number of hydrogen-bond acceptors (Lipinski definition) is 5. The van der Waals surface area contributed by atoms with Crippen molar-refractivity contribution in [2.75, 3.05) is 26.7 Å². The lowest BCUT2D eigenvalue weighted by Crippen LogP contribution is -2.48. The van der Waals surface area contributed by atoms with Gasteiger partial charge in [-0.2, -0.15) is 0 Å². The van der Waals surface area contributed by atoms with E-state index in [1.54, 1.807) is 18.4 Å². The van der Waals surface area contributed by atoms with Crippen molar-refractivity contribution in [1.29, 1.82) is 0 Å². The minimum Gasteiger partial charge on any atom is -0.497 e. The molecule has 0 unspecified atom stereocenters. The highest BCUT2D eigenvalue weighted by molar-refractivity contribution is 7.13. The summed E-state index contributed by atoms with van der Waals surface area (Å²) < 4.78 is 5.19. The van der Waals surface area contributed by atoms with Gasteiger partial charge in [0.2, 0.25) is 0 Å². The van der Waals surface area contributed by atoms with Gasteiger partial charge >= 0.3 is 0 Å². The first-order valence-electron chi connectivity index (χ1n) is 7.29. The summed E-state index contributed by atoms with van der Waals surface area (Å²) in [5, 5.41) is 6.72. The van der Waals surface area contributed by atoms with Crippen molar-refractivity contribution >= 4 is 23.7 Å². The number of hydrogen-bond donors (Lipinski definition) is 1. The molecule has 120 valence electrons. The third-order valence-corrected chi connectivity index (χ3v) is 4.67. The van der Waals surface area contributed by atoms with E-state index in [0.717, 1.165) is 42.5 Å². The Kier molecular flexibility index (Phi) is 6.20. The summed E-state index contributed by atoms with van der Waals surface area (Å²) in [7, 11) is 1.69. The molecule has 0 bridgehead atoms. The first-order chi connectivity index (χ1) is 10.2. The largest absolute Gasteiger partial charge is 0.497 e. The Morgan fingerprint density at radius 1 is 1.36 bits per heavy atom. The van der Waals surface area contributed by atoms with Crippen molar-refractivity contribution < 1.29 is 4.74 Å². The highest BCUT2D eigenvalue weighted by atomic mass is 35.5. The average Bonchev–Trinajstić information content (AvgIpc) is 2.96. The van der Waals surface area contributed by atoms with E-state index in [0.29, 0.717) is 6.04 Å². The molecule has 0 saturated carbocycles. The molecule has 2 aromatic rings. The molecule has 1 aromatic heterocycles. The number of aromatic nitrogens is 1. The zero-order valence-electron chi connectivity index (χ0n) is 12.9. The van der Waals surface area contributed by atoms with E-state index in [-0.39, 0.29) is 12.4 Å². The minimum absolute atomic E-state index is 0. The van der Waals surface area contributed by atoms with Crippen LogP contribution in [0.25, 0.3) is 10.6 Å². The Morgan fingerprint density at radius 3 is 2.82 bits per heavy atom. The zero-order valence-corrected chi connectivity index (χ0v) is 14.5. The van der Waals surface area contributed by atoms with Gasteiger partial charge < -0.3 is 10.1 Å². The summed E-state index contributed by atoms with van der Waals surface area (Å²) in [6, 6.07) is 8.66. The second-order valence-corrected chi connectivity index (χ2v) is 6.32. The third-order valence-electron chi connectivity index (χ3n) is 3.73. The molecule has 0 spiro atoms. The van der Waals surface area contributed by atoms with Crippen LogP contribution < -0.4 is 10.1 Å². The molecule has 1 aromatic carbocycles. The number of nitrogens with one attached hydrogen (secondary N) is 1. The van der Waals surface area contributed by atoms with E-state index in [9.17, 15) is 0 Å². The predicted octanol–water partition coefficient (Wildman–Crippen LogP) is 3.03. The van der Waals surface area contributed by atoms with Crippen LogP contribution in [0.15, 0.2) is 29.6 Å². The Bertz CT molecular complexity index is 587. The zero-order chi connectivity index (χ0) is 14.7. The van der Waals surface area contributed by atoms with Gasteiger partial charge in [-0.3, -0.25) is 4.90 Å². The van der Waals surface area contributed by atoms with Gasteiger partial charge in [-0.1, -0.05) is 0 Å². The standard InChI is InChI=1S/C16H21N3OS.ClH/c1-12-9-19(8-7-17-12)10-14-11-21-16(18-14)13-3-5-15(20-2)6-4-13;/h3-6,11-12,17H,7-10H2,1-2H3;1H/t12-;/m1./s1. The molecular weight excluding hydrogens is 318 g/mol. The lowest BCUT2D eigenvalue weighted by Gasteiger charge is -2.31. The number of halogens is 1. The van der Waals surface area contributed by atoms with Crippen molar-refractivity contribution in [3.05, 3.63) is 35.3 Å². The number of piperazine rings is 1. The molecule has 1 aliphatic heterocycles. The number of thiazole rings is 1. The highest BCUT2D eigenvalue weighted by Crippen LogP contribution is 2.26. The maximum absolute atomic E-state index is 5.19. The van der Waals surface area contributed by atoms with E-state index >= 15 is 0 Å². The molecule has 2 heterocycles. The second-order valence-electron chi connectivity index (χ2n) is 5.46. The summed E-state index contributed by atoms with van der Waals surface area (Å²) >= 11 is 1.71. The van der Waals surface area contributed by atoms with E-state index in [2.05, 4.69) is 34.7 Å². The average molecular weight is 340 g/mol. The Balaban J connectivity index is 0.00000176. The van der Waals surface area contributed by atoms with Gasteiger partial charge in [-0.15, -0.1) is 23.7 Å². The van der Waals surface area contributed by atoms with Crippen LogP contribution in [-0.4, -0.2) is 42.7 Å². The fraction of sp³-hybridized carbons (Fsp3) is 0.438. The predicted molar refractivity (Wildman–Crippen MR) is 94.1 cm³/mol. The van der Waals surface area contributed by atoms with Crippen LogP contribution in [0.2, 0.25) is 0 Å². The van der Waals surface area contributed by atoms with E-state index in [1.807, 2.05) is 12.1 Å². The lowest BCUT2D eigenvalue weighted by atomic mass is 10.2. The van der Waals surface area contributed by atoms with Crippen LogP contribution in [0.3, 0.4) is 0 Å². The molecule has 6 heteroatoms. The van der Waals surface area contributed by atoms with Gasteiger partial charge in [0.1, 0.15) is 10.8 Å². The van der Waals surface area contributed by atoms with Gasteiger partial charge in [0.25, 0.3) is 0 Å². The Morgan fingerprint density at radius 2 is 2.14 bits per heavy atom. The van der Waals surface area contributed by atoms with E-state index in [4.69, 9.17) is 9.72 Å². The number of ether oxygens (including phenoxy) is 1. The SMILES string of the molecule is COc1ccc(-c2nc(CN3CCN[C@H](C)C3)cs2)cc1.Cl. The quantitative estimate of drug-likeness (QED) is 0.929. The summed E-state index contributed by atoms with van der Waals surface area (Å²) in [6.45, 7) is 6.43. The fourth-order valence-corrected chi connectivity index (χ4v) is 3.45. The summed E-state index contributed by atoms with van der Waals surface area (Å²) in [6.07, 6.45) is 0. The van der Waals surface area contributed by atoms with E-state index in [1.165, 1.54) is 5.69 Å². The highest BCUT2D eigenvalue weighted by Gasteiger charge is 2.16. The summed E-state index contributed by atoms with van der Waals surface area (Å²) in [5.41, 5.74) is 2.32. The first-order valence-corrected chi connectivity index (χ1v) is 8.17. The second kappa shape index (κ2) is 7.92. The van der Waals surface area contributed by atoms with Crippen LogP contribution in [0.1, 0.15) is 12.6 Å². The Hall–Kier alpha value is -1.14. The number of methoxy groups -OCH3 is 1. The molecular formula is C16H22ClN3OS. The molecule has 22 heavy (non-hydrogen) atoms. The molecule has 1 aliphatic rings. The van der Waals surface area contributed by atoms with Gasteiger partial charge in [-0.05, 0) is 31.2 Å². The molecule has 3 rings (SSSR count). The van der Waals surface area contributed by atoms with Gasteiger partial charge in [0.05, 0.1) is 12.8 Å². The third kappa shape index (κ3) is 4.20. The normalized spacial score (nSPS) is 18.7. The van der Waals surface area contributed by atoms with Crippen molar-refractivity contribution in [1.82, 2.24) is 15.2 Å². The van der Waals surface area contributed by atoms with Crippen LogP contribution in [0, 0.1) is 0 Å². The molecule has 4 nitrogen and oxygen atoms in total. The molecule has 1 saturated heterocycles. The van der Waals surface area contributed by atoms with Crippen LogP contribution in [0.5, 0.6) is 5.75 Å². The molecule has 0 amide bonds. The van der Waals surface area contributed by atoms with Crippen molar-refractivity contribution in [3.63, 3.8) is 0 Å². The molecule has 1 fully saturated rings. The monoisotopic (exact) mass is 339 g/mol. The van der Waals surface area contributed by atoms with Crippen LogP contribution in [0.4, 0.5) is 0 Å². The molecule has 0 aliphatic carbocycles. The van der Waals surface area contributed by atoms with Crippen molar-refractivity contribution in [2.24, 2.45) is 0 Å². The fourth-order valence-electron chi connectivity index (χ4n) is 2.63. The summed E-state index contributed by atoms with van der Waals surface area (Å²) in [4.78, 5) is 7.24. The number of nitrogens with zero attached hydrogens (tertiary/aromatic N) is 2. The number of rotatable bonds is 4. The molecule has 1 N–H and O–H groups in total. The lowest BCUT2D eigenvalue weighted by molar-refractivity contribution is 0.198. The smallest absolute Gasteiger partial charge is 0.123 e. The summed E-state index contributed by atoms with van der Waals surface area (Å²) in [5.74, 6) is 0.880. The van der Waals surface area contributed by atoms with Gasteiger partial charge in [0.15, 0.2) is 0 Å². The van der Waals surface area contributed by atoms with Crippen molar-refractivity contribution in [3.8, 4) is 16.3 Å². The maximum atomic E-state index is 5.19. The Labute approximate surface area is 141 Å². The minimum atomic E-state index is 0. The topological polar surface area (TPSA) is 37.4 Å². The van der Waals surface area contributed by atoms with Crippen molar-refractivity contribution in [2.45, 2.75) is 19.5 Å². The van der Waals surface area contributed by atoms with Crippen LogP contribution >= 0.6 is 23.7 Å². The number of benzene rings is 1. The maximum Gasteiger partial charge on any atom is 0.123 e. The van der Waals surface area contributed by atoms with Gasteiger partial charge in [-0.25, -0.2) is 4.98 Å². The van der Waals surface area contributed by atoms with Gasteiger partial charge in [0, 0.05) is 43.2 Å². The molecule has 0 radical (unpaired) electrons. The van der Waals surface area contributed by atoms with Crippen LogP contribution in [-0.2, 0) is 6.54 Å². The first kappa shape index (κ1) is 17.2.